The number of carbonyl (C=O) groups excluding carboxylic acids is 1. The van der Waals surface area contributed by atoms with Crippen molar-refractivity contribution in [1.29, 1.82) is 0 Å². The van der Waals surface area contributed by atoms with Gasteiger partial charge in [0.2, 0.25) is 5.91 Å². The van der Waals surface area contributed by atoms with E-state index in [1.165, 1.54) is 6.33 Å². The van der Waals surface area contributed by atoms with Crippen LogP contribution in [0.4, 0.5) is 0 Å². The van der Waals surface area contributed by atoms with Crippen LogP contribution in [-0.2, 0) is 18.4 Å². The van der Waals surface area contributed by atoms with Gasteiger partial charge >= 0.3 is 0 Å². The largest absolute Gasteiger partial charge is 0.382 e. The van der Waals surface area contributed by atoms with E-state index in [9.17, 15) is 4.79 Å². The predicted octanol–water partition coefficient (Wildman–Crippen LogP) is -2.25. The molecular weight excluding hydrogens is 186 g/mol. The fourth-order valence-electron chi connectivity index (χ4n) is 0.901. The fourth-order valence-corrected chi connectivity index (χ4v) is 0.901. The predicted molar refractivity (Wildman–Crippen MR) is 47.9 cm³/mol. The molecule has 7 heteroatoms. The first-order valence-electron chi connectivity index (χ1n) is 4.12. The van der Waals surface area contributed by atoms with Crippen LogP contribution >= 0.6 is 0 Å². The minimum Gasteiger partial charge on any atom is -0.382 e. The van der Waals surface area contributed by atoms with Gasteiger partial charge < -0.3 is 16.2 Å². The third kappa shape index (κ3) is 2.79. The highest BCUT2D eigenvalue weighted by atomic mass is 16.3. The van der Waals surface area contributed by atoms with Gasteiger partial charge in [0.25, 0.3) is 0 Å². The molecule has 1 unspecified atom stereocenters. The topological polar surface area (TPSA) is 106 Å². The van der Waals surface area contributed by atoms with Gasteiger partial charge in [-0.15, -0.1) is 0 Å². The van der Waals surface area contributed by atoms with Gasteiger partial charge in [0.15, 0.2) is 0 Å². The summed E-state index contributed by atoms with van der Waals surface area (Å²) in [4.78, 5) is 14.4. The number of hydrogen-bond donors (Lipinski definition) is 3. The quantitative estimate of drug-likeness (QED) is 0.496. The van der Waals surface area contributed by atoms with E-state index in [2.05, 4.69) is 15.4 Å². The number of amides is 1. The number of aryl methyl sites for hydroxylation is 1. The summed E-state index contributed by atoms with van der Waals surface area (Å²) < 4.78 is 1.60. The molecule has 1 amide bonds. The van der Waals surface area contributed by atoms with Crippen molar-refractivity contribution in [3.63, 3.8) is 0 Å². The molecule has 1 aromatic heterocycles. The lowest BCUT2D eigenvalue weighted by Gasteiger charge is -2.07. The molecule has 14 heavy (non-hydrogen) atoms. The molecule has 0 saturated carbocycles. The molecule has 0 aromatic carbocycles. The van der Waals surface area contributed by atoms with Gasteiger partial charge in [-0.2, -0.15) is 5.10 Å². The van der Waals surface area contributed by atoms with E-state index in [1.807, 2.05) is 0 Å². The smallest absolute Gasteiger partial charge is 0.247 e. The van der Waals surface area contributed by atoms with Crippen LogP contribution in [0, 0.1) is 0 Å². The standard InChI is InChI=1S/C7H13N5O2/c1-12-6(10-4-11-12)3-9-2-5(13)7(8)14/h4-5,9,13H,2-3H2,1H3,(H2,8,14). The molecule has 1 atom stereocenters. The second-order valence-electron chi connectivity index (χ2n) is 2.85. The van der Waals surface area contributed by atoms with Crippen LogP contribution in [0.5, 0.6) is 0 Å². The van der Waals surface area contributed by atoms with Crippen molar-refractivity contribution < 1.29 is 9.90 Å². The van der Waals surface area contributed by atoms with Crippen molar-refractivity contribution in [3.8, 4) is 0 Å². The minimum absolute atomic E-state index is 0.113. The highest BCUT2D eigenvalue weighted by Gasteiger charge is 2.10. The summed E-state index contributed by atoms with van der Waals surface area (Å²) in [6.07, 6.45) is 0.268. The van der Waals surface area contributed by atoms with E-state index in [4.69, 9.17) is 10.8 Å². The number of carbonyl (C=O) groups is 1. The van der Waals surface area contributed by atoms with Crippen LogP contribution in [-0.4, -0.2) is 38.4 Å². The van der Waals surface area contributed by atoms with Crippen LogP contribution in [0.2, 0.25) is 0 Å². The lowest BCUT2D eigenvalue weighted by atomic mass is 10.3. The van der Waals surface area contributed by atoms with E-state index < -0.39 is 12.0 Å². The lowest BCUT2D eigenvalue weighted by Crippen LogP contribution is -2.37. The SMILES string of the molecule is Cn1ncnc1CNCC(O)C(N)=O. The Labute approximate surface area is 80.9 Å². The van der Waals surface area contributed by atoms with E-state index in [0.717, 1.165) is 5.82 Å². The van der Waals surface area contributed by atoms with Crippen molar-refractivity contribution in [2.75, 3.05) is 6.54 Å². The van der Waals surface area contributed by atoms with Crippen LogP contribution in [0.1, 0.15) is 5.82 Å². The van der Waals surface area contributed by atoms with E-state index in [1.54, 1.807) is 11.7 Å². The first-order valence-corrected chi connectivity index (χ1v) is 4.12. The molecule has 0 aliphatic rings. The Balaban J connectivity index is 2.29. The molecule has 0 spiro atoms. The Kier molecular flexibility index (Phi) is 3.55. The van der Waals surface area contributed by atoms with Crippen molar-refractivity contribution in [1.82, 2.24) is 20.1 Å². The molecule has 0 fully saturated rings. The summed E-state index contributed by atoms with van der Waals surface area (Å²) in [6, 6.07) is 0. The average Bonchev–Trinajstić information content (AvgIpc) is 2.51. The Morgan fingerprint density at radius 2 is 2.57 bits per heavy atom. The minimum atomic E-state index is -1.16. The zero-order valence-electron chi connectivity index (χ0n) is 7.84. The molecule has 78 valence electrons. The Hall–Kier alpha value is -1.47. The number of hydrogen-bond acceptors (Lipinski definition) is 5. The van der Waals surface area contributed by atoms with Crippen LogP contribution < -0.4 is 11.1 Å². The van der Waals surface area contributed by atoms with Crippen molar-refractivity contribution >= 4 is 5.91 Å². The Bertz CT molecular complexity index is 311. The fraction of sp³-hybridized carbons (Fsp3) is 0.571. The van der Waals surface area contributed by atoms with E-state index in [0.29, 0.717) is 6.54 Å². The first kappa shape index (κ1) is 10.6. The van der Waals surface area contributed by atoms with Crippen LogP contribution in [0.3, 0.4) is 0 Å². The molecule has 0 bridgehead atoms. The third-order valence-corrected chi connectivity index (χ3v) is 1.75. The second kappa shape index (κ2) is 4.68. The first-order chi connectivity index (χ1) is 6.61. The maximum absolute atomic E-state index is 10.5. The summed E-state index contributed by atoms with van der Waals surface area (Å²) in [7, 11) is 1.76. The monoisotopic (exact) mass is 199 g/mol. The maximum Gasteiger partial charge on any atom is 0.247 e. The van der Waals surface area contributed by atoms with Gasteiger partial charge in [-0.1, -0.05) is 0 Å². The number of aromatic nitrogens is 3. The number of aliphatic hydroxyl groups is 1. The Morgan fingerprint density at radius 1 is 1.86 bits per heavy atom. The van der Waals surface area contributed by atoms with E-state index >= 15 is 0 Å². The zero-order chi connectivity index (χ0) is 10.6. The number of nitrogens with two attached hydrogens (primary N) is 1. The average molecular weight is 199 g/mol. The number of nitrogens with one attached hydrogen (secondary N) is 1. The Morgan fingerprint density at radius 3 is 3.07 bits per heavy atom. The molecule has 1 rings (SSSR count). The number of primary amides is 1. The summed E-state index contributed by atoms with van der Waals surface area (Å²) in [5, 5.41) is 15.7. The zero-order valence-corrected chi connectivity index (χ0v) is 7.84. The van der Waals surface area contributed by atoms with Gasteiger partial charge in [0.05, 0.1) is 6.54 Å². The highest BCUT2D eigenvalue weighted by Crippen LogP contribution is 1.89. The number of aliphatic hydroxyl groups excluding tert-OH is 1. The summed E-state index contributed by atoms with van der Waals surface area (Å²) in [5.74, 6) is -0.0165. The molecular formula is C7H13N5O2. The maximum atomic E-state index is 10.5. The molecule has 4 N–H and O–H groups in total. The molecule has 1 aromatic rings. The van der Waals surface area contributed by atoms with Gasteiger partial charge in [-0.05, 0) is 0 Å². The molecule has 0 aliphatic carbocycles. The summed E-state index contributed by atoms with van der Waals surface area (Å²) >= 11 is 0. The second-order valence-corrected chi connectivity index (χ2v) is 2.85. The van der Waals surface area contributed by atoms with Crippen molar-refractivity contribution in [2.45, 2.75) is 12.6 Å². The lowest BCUT2D eigenvalue weighted by molar-refractivity contribution is -0.125. The molecule has 7 nitrogen and oxygen atoms in total. The molecule has 0 aliphatic heterocycles. The third-order valence-electron chi connectivity index (χ3n) is 1.75. The number of nitrogens with zero attached hydrogens (tertiary/aromatic N) is 3. The van der Waals surface area contributed by atoms with Gasteiger partial charge in [0, 0.05) is 13.6 Å². The highest BCUT2D eigenvalue weighted by molar-refractivity contribution is 5.78. The van der Waals surface area contributed by atoms with Gasteiger partial charge in [0.1, 0.15) is 18.3 Å². The molecule has 0 radical (unpaired) electrons. The van der Waals surface area contributed by atoms with Gasteiger partial charge in [-0.25, -0.2) is 4.98 Å². The van der Waals surface area contributed by atoms with Crippen LogP contribution in [0.15, 0.2) is 6.33 Å². The molecule has 1 heterocycles. The van der Waals surface area contributed by atoms with Crippen molar-refractivity contribution in [2.24, 2.45) is 12.8 Å². The van der Waals surface area contributed by atoms with Gasteiger partial charge in [-0.3, -0.25) is 9.48 Å². The van der Waals surface area contributed by atoms with E-state index in [-0.39, 0.29) is 6.54 Å². The number of rotatable bonds is 5. The summed E-state index contributed by atoms with van der Waals surface area (Å²) in [5.41, 5.74) is 4.86. The molecule has 0 saturated heterocycles. The summed E-state index contributed by atoms with van der Waals surface area (Å²) in [6.45, 7) is 0.545. The van der Waals surface area contributed by atoms with Crippen molar-refractivity contribution in [3.05, 3.63) is 12.2 Å². The van der Waals surface area contributed by atoms with Crippen LogP contribution in [0.25, 0.3) is 0 Å². The normalized spacial score (nSPS) is 12.7.